The van der Waals surface area contributed by atoms with E-state index in [4.69, 9.17) is 14.5 Å². The van der Waals surface area contributed by atoms with Crippen LogP contribution in [0.3, 0.4) is 0 Å². The van der Waals surface area contributed by atoms with E-state index < -0.39 is 0 Å². The first-order chi connectivity index (χ1) is 18.6. The number of imidazole rings is 1. The van der Waals surface area contributed by atoms with Gasteiger partial charge in [0.05, 0.1) is 30.9 Å². The van der Waals surface area contributed by atoms with Gasteiger partial charge in [0, 0.05) is 36.0 Å². The monoisotopic (exact) mass is 506 g/mol. The molecule has 2 aromatic heterocycles. The smallest absolute Gasteiger partial charge is 0.326 e. The van der Waals surface area contributed by atoms with Crippen molar-refractivity contribution >= 4 is 27.6 Å². The van der Waals surface area contributed by atoms with E-state index in [1.165, 1.54) is 21.9 Å². The van der Waals surface area contributed by atoms with Crippen molar-refractivity contribution in [1.82, 2.24) is 14.5 Å². The molecule has 1 aliphatic carbocycles. The Morgan fingerprint density at radius 3 is 2.37 bits per heavy atom. The third-order valence-electron chi connectivity index (χ3n) is 8.39. The van der Waals surface area contributed by atoms with Crippen LogP contribution in [0, 0.1) is 0 Å². The Morgan fingerprint density at radius 1 is 0.921 bits per heavy atom. The highest BCUT2D eigenvalue weighted by Crippen LogP contribution is 2.51. The molecular weight excluding hydrogens is 476 g/mol. The second kappa shape index (κ2) is 8.65. The number of piperidine rings is 1. The maximum absolute atomic E-state index is 12.8. The summed E-state index contributed by atoms with van der Waals surface area (Å²) in [5.41, 5.74) is 6.45. The van der Waals surface area contributed by atoms with Gasteiger partial charge < -0.3 is 19.4 Å². The summed E-state index contributed by atoms with van der Waals surface area (Å²) in [5, 5.41) is 2.41. The summed E-state index contributed by atoms with van der Waals surface area (Å²) in [6.45, 7) is 3.91. The first-order valence-corrected chi connectivity index (χ1v) is 13.2. The maximum Gasteiger partial charge on any atom is 0.326 e. The number of pyridine rings is 1. The molecule has 1 N–H and O–H groups in total. The predicted molar refractivity (Wildman–Crippen MR) is 151 cm³/mol. The minimum absolute atomic E-state index is 0.0271. The van der Waals surface area contributed by atoms with Crippen molar-refractivity contribution in [1.29, 1.82) is 0 Å². The first-order valence-electron chi connectivity index (χ1n) is 13.2. The van der Waals surface area contributed by atoms with Gasteiger partial charge in [0.2, 0.25) is 0 Å². The largest absolute Gasteiger partial charge is 0.493 e. The van der Waals surface area contributed by atoms with Gasteiger partial charge in [0.15, 0.2) is 11.5 Å². The molecule has 1 aliphatic heterocycles. The van der Waals surface area contributed by atoms with Crippen LogP contribution >= 0.6 is 0 Å². The second-order valence-corrected chi connectivity index (χ2v) is 10.3. The lowest BCUT2D eigenvalue weighted by Gasteiger charge is -2.34. The first kappa shape index (κ1) is 22.9. The lowest BCUT2D eigenvalue weighted by atomic mass is 9.95. The molecular formula is C31H30N4O3. The van der Waals surface area contributed by atoms with Crippen molar-refractivity contribution in [2.24, 2.45) is 0 Å². The second-order valence-electron chi connectivity index (χ2n) is 10.3. The van der Waals surface area contributed by atoms with E-state index in [-0.39, 0.29) is 17.6 Å². The molecule has 0 bridgehead atoms. The quantitative estimate of drug-likeness (QED) is 0.330. The summed E-state index contributed by atoms with van der Waals surface area (Å²) in [5.74, 6) is 2.67. The van der Waals surface area contributed by atoms with Gasteiger partial charge in [-0.2, -0.15) is 0 Å². The molecule has 1 atom stereocenters. The zero-order valence-electron chi connectivity index (χ0n) is 21.8. The number of benzene rings is 3. The zero-order chi connectivity index (χ0) is 26.0. The van der Waals surface area contributed by atoms with Crippen molar-refractivity contribution in [2.45, 2.75) is 31.7 Å². The van der Waals surface area contributed by atoms with Crippen LogP contribution in [0.4, 0.5) is 5.82 Å². The third kappa shape index (κ3) is 3.27. The standard InChI is InChI=1S/C31H30N4O3/c1-18-22-16-26(37-2)27(38-3)17-23(22)29-28(18)20-8-4-5-9-21(20)30(33-29)34-14-12-19(13-15-34)35-25-11-7-6-10-24(25)32-31(35)36/h4-11,16-19H,12-15H2,1-3H3,(H,32,36). The van der Waals surface area contributed by atoms with Gasteiger partial charge in [-0.1, -0.05) is 43.3 Å². The molecule has 38 heavy (non-hydrogen) atoms. The number of nitrogens with one attached hydrogen (secondary N) is 1. The normalized spacial score (nSPS) is 17.1. The Hall–Kier alpha value is -4.26. The van der Waals surface area contributed by atoms with Crippen LogP contribution in [0.1, 0.15) is 42.9 Å². The van der Waals surface area contributed by atoms with Crippen molar-refractivity contribution in [3.63, 3.8) is 0 Å². The lowest BCUT2D eigenvalue weighted by Crippen LogP contribution is -2.37. The van der Waals surface area contributed by atoms with E-state index in [0.29, 0.717) is 5.75 Å². The van der Waals surface area contributed by atoms with Crippen LogP contribution in [-0.4, -0.2) is 41.8 Å². The zero-order valence-corrected chi connectivity index (χ0v) is 21.8. The van der Waals surface area contributed by atoms with Crippen LogP contribution in [0.25, 0.3) is 33.1 Å². The van der Waals surface area contributed by atoms with Gasteiger partial charge in [0.1, 0.15) is 5.82 Å². The molecule has 3 aromatic carbocycles. The molecule has 1 unspecified atom stereocenters. The van der Waals surface area contributed by atoms with Crippen LogP contribution in [0.2, 0.25) is 0 Å². The molecule has 0 spiro atoms. The molecule has 1 saturated heterocycles. The fourth-order valence-electron chi connectivity index (χ4n) is 6.54. The molecule has 3 heterocycles. The van der Waals surface area contributed by atoms with Gasteiger partial charge in [0.25, 0.3) is 0 Å². The lowest BCUT2D eigenvalue weighted by molar-refractivity contribution is 0.354. The molecule has 1 fully saturated rings. The molecule has 0 radical (unpaired) electrons. The fraction of sp³-hybridized carbons (Fsp3) is 0.290. The highest BCUT2D eigenvalue weighted by molar-refractivity contribution is 6.01. The number of ether oxygens (including phenoxy) is 2. The minimum Gasteiger partial charge on any atom is -0.493 e. The molecule has 2 aliphatic rings. The molecule has 7 rings (SSSR count). The summed E-state index contributed by atoms with van der Waals surface area (Å²) in [6, 6.07) is 20.9. The van der Waals surface area contributed by atoms with Gasteiger partial charge in [-0.3, -0.25) is 4.57 Å². The van der Waals surface area contributed by atoms with Crippen LogP contribution < -0.4 is 20.1 Å². The SMILES string of the molecule is COc1cc2c(cc1OC)C(C)c1c-2nc(N2CCC(n3c(=O)[nH]c4ccccc43)CC2)c2ccccc12. The number of rotatable bonds is 4. The summed E-state index contributed by atoms with van der Waals surface area (Å²) in [6.07, 6.45) is 1.76. The third-order valence-corrected chi connectivity index (χ3v) is 8.39. The maximum atomic E-state index is 12.8. The van der Waals surface area contributed by atoms with Gasteiger partial charge in [-0.25, -0.2) is 9.78 Å². The highest BCUT2D eigenvalue weighted by Gasteiger charge is 2.33. The van der Waals surface area contributed by atoms with Crippen LogP contribution in [0.5, 0.6) is 11.5 Å². The van der Waals surface area contributed by atoms with Crippen molar-refractivity contribution in [3.8, 4) is 22.8 Å². The van der Waals surface area contributed by atoms with Gasteiger partial charge >= 0.3 is 5.69 Å². The number of para-hydroxylation sites is 2. The number of hydrogen-bond acceptors (Lipinski definition) is 5. The van der Waals surface area contributed by atoms with Crippen molar-refractivity contribution in [2.75, 3.05) is 32.2 Å². The predicted octanol–water partition coefficient (Wildman–Crippen LogP) is 5.87. The molecule has 0 saturated carbocycles. The van der Waals surface area contributed by atoms with E-state index >= 15 is 0 Å². The molecule has 192 valence electrons. The number of hydrogen-bond donors (Lipinski definition) is 1. The Balaban J connectivity index is 1.29. The summed E-state index contributed by atoms with van der Waals surface area (Å²) in [4.78, 5) is 23.5. The molecule has 0 amide bonds. The Kier molecular flexibility index (Phi) is 5.21. The molecule has 7 heteroatoms. The Morgan fingerprint density at radius 2 is 1.61 bits per heavy atom. The number of anilines is 1. The van der Waals surface area contributed by atoms with E-state index in [1.54, 1.807) is 14.2 Å². The Labute approximate surface area is 220 Å². The van der Waals surface area contributed by atoms with E-state index in [2.05, 4.69) is 53.2 Å². The average molecular weight is 507 g/mol. The average Bonchev–Trinajstić information content (AvgIpc) is 3.44. The van der Waals surface area contributed by atoms with Crippen molar-refractivity contribution in [3.05, 3.63) is 82.3 Å². The van der Waals surface area contributed by atoms with E-state index in [9.17, 15) is 4.79 Å². The number of aromatic nitrogens is 3. The summed E-state index contributed by atoms with van der Waals surface area (Å²) < 4.78 is 13.2. The van der Waals surface area contributed by atoms with Crippen LogP contribution in [-0.2, 0) is 0 Å². The molecule has 7 nitrogen and oxygen atoms in total. The number of H-pyrrole nitrogens is 1. The number of methoxy groups -OCH3 is 2. The highest BCUT2D eigenvalue weighted by atomic mass is 16.5. The summed E-state index contributed by atoms with van der Waals surface area (Å²) >= 11 is 0. The topological polar surface area (TPSA) is 72.4 Å². The fourth-order valence-corrected chi connectivity index (χ4v) is 6.54. The van der Waals surface area contributed by atoms with Gasteiger partial charge in [-0.15, -0.1) is 0 Å². The van der Waals surface area contributed by atoms with Crippen molar-refractivity contribution < 1.29 is 9.47 Å². The molecule has 5 aromatic rings. The van der Waals surface area contributed by atoms with Crippen LogP contribution in [0.15, 0.2) is 65.5 Å². The number of aromatic amines is 1. The number of nitrogens with zero attached hydrogens (tertiary/aromatic N) is 3. The summed E-state index contributed by atoms with van der Waals surface area (Å²) in [7, 11) is 3.35. The number of fused-ring (bicyclic) bond motifs is 6. The minimum atomic E-state index is -0.0271. The Bertz CT molecular complexity index is 1760. The van der Waals surface area contributed by atoms with E-state index in [0.717, 1.165) is 59.8 Å². The van der Waals surface area contributed by atoms with E-state index in [1.807, 2.05) is 28.8 Å². The van der Waals surface area contributed by atoms with Gasteiger partial charge in [-0.05, 0) is 53.6 Å².